The zero-order valence-corrected chi connectivity index (χ0v) is 15.1. The van der Waals surface area contributed by atoms with Gasteiger partial charge in [-0.3, -0.25) is 4.79 Å². The first-order chi connectivity index (χ1) is 11.0. The monoisotopic (exact) mass is 362 g/mol. The van der Waals surface area contributed by atoms with Crippen molar-refractivity contribution in [2.45, 2.75) is 18.2 Å². The highest BCUT2D eigenvalue weighted by Crippen LogP contribution is 2.30. The average Bonchev–Trinajstić information content (AvgIpc) is 2.91. The van der Waals surface area contributed by atoms with E-state index >= 15 is 0 Å². The number of carbonyl (C=O) groups is 1. The van der Waals surface area contributed by atoms with E-state index in [9.17, 15) is 4.79 Å². The quantitative estimate of drug-likeness (QED) is 0.640. The lowest BCUT2D eigenvalue weighted by Crippen LogP contribution is -2.15. The van der Waals surface area contributed by atoms with Crippen molar-refractivity contribution < 1.29 is 4.79 Å². The number of hydrogen-bond acceptors (Lipinski definition) is 4. The van der Waals surface area contributed by atoms with Gasteiger partial charge in [-0.15, -0.1) is 11.3 Å². The molecule has 0 aliphatic carbocycles. The number of para-hydroxylation sites is 1. The smallest absolute Gasteiger partial charge is 0.234 e. The number of carbonyl (C=O) groups excluding carboxylic acids is 1. The molecule has 0 spiro atoms. The number of thioether (sulfide) groups is 1. The van der Waals surface area contributed by atoms with Crippen molar-refractivity contribution in [1.82, 2.24) is 4.98 Å². The molecule has 1 aromatic heterocycles. The summed E-state index contributed by atoms with van der Waals surface area (Å²) in [5.74, 6) is 0.229. The van der Waals surface area contributed by atoms with Crippen molar-refractivity contribution in [3.05, 3.63) is 52.5 Å². The number of nitrogens with zero attached hydrogens (tertiary/aromatic N) is 1. The Labute approximate surface area is 148 Å². The first-order valence-corrected chi connectivity index (χ1v) is 9.26. The van der Waals surface area contributed by atoms with E-state index < -0.39 is 0 Å². The third-order valence-electron chi connectivity index (χ3n) is 3.30. The summed E-state index contributed by atoms with van der Waals surface area (Å²) < 4.78 is 2.03. The first-order valence-electron chi connectivity index (χ1n) is 7.08. The normalized spacial score (nSPS) is 10.9. The fraction of sp³-hybridized carbons (Fsp3) is 0.176. The van der Waals surface area contributed by atoms with Gasteiger partial charge in [0, 0.05) is 0 Å². The van der Waals surface area contributed by atoms with Crippen LogP contribution in [-0.2, 0) is 4.79 Å². The van der Waals surface area contributed by atoms with Crippen LogP contribution in [0.5, 0.6) is 0 Å². The Bertz CT molecular complexity index is 820. The molecule has 0 saturated heterocycles. The van der Waals surface area contributed by atoms with Gasteiger partial charge in [0.15, 0.2) is 4.34 Å². The number of rotatable bonds is 4. The van der Waals surface area contributed by atoms with Gasteiger partial charge >= 0.3 is 0 Å². The lowest BCUT2D eigenvalue weighted by Gasteiger charge is -2.11. The number of benzene rings is 2. The van der Waals surface area contributed by atoms with Crippen LogP contribution in [0.2, 0.25) is 5.02 Å². The van der Waals surface area contributed by atoms with Crippen LogP contribution >= 0.6 is 34.7 Å². The molecular formula is C17H15ClN2OS2. The second kappa shape index (κ2) is 6.91. The molecular weight excluding hydrogens is 348 g/mol. The number of amides is 1. The van der Waals surface area contributed by atoms with E-state index in [4.69, 9.17) is 11.6 Å². The Morgan fingerprint density at radius 2 is 2.09 bits per heavy atom. The zero-order valence-electron chi connectivity index (χ0n) is 12.7. The molecule has 0 aliphatic rings. The number of nitrogens with one attached hydrogen (secondary N) is 1. The molecule has 3 rings (SSSR count). The predicted octanol–water partition coefficient (Wildman–Crippen LogP) is 5.30. The molecule has 6 heteroatoms. The lowest BCUT2D eigenvalue weighted by atomic mass is 10.1. The maximum atomic E-state index is 12.2. The zero-order chi connectivity index (χ0) is 16.4. The molecule has 0 aliphatic heterocycles. The summed E-state index contributed by atoms with van der Waals surface area (Å²) in [4.78, 5) is 16.7. The lowest BCUT2D eigenvalue weighted by molar-refractivity contribution is -0.113. The van der Waals surface area contributed by atoms with Crippen LogP contribution in [0.15, 0.2) is 40.7 Å². The minimum atomic E-state index is -0.0805. The van der Waals surface area contributed by atoms with Crippen molar-refractivity contribution in [3.63, 3.8) is 0 Å². The second-order valence-corrected chi connectivity index (χ2v) is 7.88. The molecule has 1 amide bonds. The number of halogens is 1. The molecule has 0 unspecified atom stereocenters. The molecule has 0 saturated carbocycles. The third kappa shape index (κ3) is 3.86. The summed E-state index contributed by atoms with van der Waals surface area (Å²) in [5.41, 5.74) is 3.70. The van der Waals surface area contributed by atoms with Crippen LogP contribution in [0.1, 0.15) is 11.1 Å². The standard InChI is InChI=1S/C17H15ClN2OS2/c1-10-7-11(2)16(12(18)8-10)20-15(21)9-22-17-19-13-5-3-4-6-14(13)23-17/h3-8H,9H2,1-2H3,(H,20,21). The molecule has 0 fully saturated rings. The molecule has 0 bridgehead atoms. The van der Waals surface area contributed by atoms with Gasteiger partial charge < -0.3 is 5.32 Å². The third-order valence-corrected chi connectivity index (χ3v) is 5.77. The fourth-order valence-corrected chi connectivity index (χ4v) is 4.53. The van der Waals surface area contributed by atoms with E-state index in [-0.39, 0.29) is 5.91 Å². The van der Waals surface area contributed by atoms with Crippen LogP contribution in [0.25, 0.3) is 10.2 Å². The predicted molar refractivity (Wildman–Crippen MR) is 99.9 cm³/mol. The van der Waals surface area contributed by atoms with E-state index in [1.165, 1.54) is 11.8 Å². The van der Waals surface area contributed by atoms with Gasteiger partial charge in [-0.2, -0.15) is 0 Å². The summed E-state index contributed by atoms with van der Waals surface area (Å²) in [6.45, 7) is 3.92. The number of thiazole rings is 1. The summed E-state index contributed by atoms with van der Waals surface area (Å²) in [6, 6.07) is 11.8. The minimum Gasteiger partial charge on any atom is -0.324 e. The Kier molecular flexibility index (Phi) is 4.90. The summed E-state index contributed by atoms with van der Waals surface area (Å²) >= 11 is 9.26. The highest BCUT2D eigenvalue weighted by atomic mass is 35.5. The Balaban J connectivity index is 1.66. The number of hydrogen-bond donors (Lipinski definition) is 1. The van der Waals surface area contributed by atoms with Crippen LogP contribution in [0.4, 0.5) is 5.69 Å². The van der Waals surface area contributed by atoms with Gasteiger partial charge in [0.1, 0.15) is 0 Å². The van der Waals surface area contributed by atoms with Crippen molar-refractivity contribution in [2.75, 3.05) is 11.1 Å². The number of fused-ring (bicyclic) bond motifs is 1. The van der Waals surface area contributed by atoms with Gasteiger partial charge in [0.2, 0.25) is 5.91 Å². The van der Waals surface area contributed by atoms with Crippen molar-refractivity contribution in [2.24, 2.45) is 0 Å². The molecule has 1 heterocycles. The Morgan fingerprint density at radius 1 is 1.30 bits per heavy atom. The molecule has 23 heavy (non-hydrogen) atoms. The molecule has 2 aromatic carbocycles. The van der Waals surface area contributed by atoms with Gasteiger partial charge in [0.05, 0.1) is 26.7 Å². The van der Waals surface area contributed by atoms with Crippen molar-refractivity contribution in [3.8, 4) is 0 Å². The number of anilines is 1. The summed E-state index contributed by atoms with van der Waals surface area (Å²) in [7, 11) is 0. The van der Waals surface area contributed by atoms with Crippen molar-refractivity contribution in [1.29, 1.82) is 0 Å². The molecule has 3 aromatic rings. The molecule has 1 N–H and O–H groups in total. The SMILES string of the molecule is Cc1cc(C)c(NC(=O)CSc2nc3ccccc3s2)c(Cl)c1. The molecule has 0 atom stereocenters. The highest BCUT2D eigenvalue weighted by Gasteiger charge is 2.11. The van der Waals surface area contributed by atoms with E-state index in [2.05, 4.69) is 10.3 Å². The summed E-state index contributed by atoms with van der Waals surface area (Å²) in [6.07, 6.45) is 0. The maximum Gasteiger partial charge on any atom is 0.234 e. The highest BCUT2D eigenvalue weighted by molar-refractivity contribution is 8.01. The summed E-state index contributed by atoms with van der Waals surface area (Å²) in [5, 5.41) is 3.47. The van der Waals surface area contributed by atoms with Crippen LogP contribution in [0.3, 0.4) is 0 Å². The van der Waals surface area contributed by atoms with Gasteiger partial charge in [-0.25, -0.2) is 4.98 Å². The number of aryl methyl sites for hydroxylation is 2. The van der Waals surface area contributed by atoms with Gasteiger partial charge in [-0.1, -0.05) is 41.6 Å². The van der Waals surface area contributed by atoms with Crippen LogP contribution < -0.4 is 5.32 Å². The molecule has 3 nitrogen and oxygen atoms in total. The largest absolute Gasteiger partial charge is 0.324 e. The topological polar surface area (TPSA) is 42.0 Å². The average molecular weight is 363 g/mol. The first kappa shape index (κ1) is 16.3. The molecule has 118 valence electrons. The van der Waals surface area contributed by atoms with E-state index in [1.54, 1.807) is 11.3 Å². The van der Waals surface area contributed by atoms with E-state index in [0.717, 1.165) is 25.7 Å². The van der Waals surface area contributed by atoms with Gasteiger partial charge in [0.25, 0.3) is 0 Å². The fourth-order valence-electron chi connectivity index (χ4n) is 2.29. The number of aromatic nitrogens is 1. The second-order valence-electron chi connectivity index (χ2n) is 5.22. The Hall–Kier alpha value is -1.56. The van der Waals surface area contributed by atoms with E-state index in [1.807, 2.05) is 50.2 Å². The minimum absolute atomic E-state index is 0.0805. The van der Waals surface area contributed by atoms with Crippen molar-refractivity contribution >= 4 is 56.5 Å². The van der Waals surface area contributed by atoms with Crippen LogP contribution in [0, 0.1) is 13.8 Å². The Morgan fingerprint density at radius 3 is 2.83 bits per heavy atom. The maximum absolute atomic E-state index is 12.2. The van der Waals surface area contributed by atoms with Crippen LogP contribution in [-0.4, -0.2) is 16.6 Å². The molecule has 0 radical (unpaired) electrons. The van der Waals surface area contributed by atoms with Gasteiger partial charge in [-0.05, 0) is 43.2 Å². The van der Waals surface area contributed by atoms with E-state index in [0.29, 0.717) is 16.5 Å².